The molecule has 0 N–H and O–H groups in total. The minimum atomic E-state index is -0.0901. The molecule has 1 aliphatic rings. The number of hydrogen-bond donors (Lipinski definition) is 0. The summed E-state index contributed by atoms with van der Waals surface area (Å²) >= 11 is 5.87. The topological polar surface area (TPSA) is 59.7 Å². The van der Waals surface area contributed by atoms with E-state index in [1.807, 2.05) is 34.9 Å². The molecule has 0 spiro atoms. The molecule has 1 aliphatic heterocycles. The molecule has 0 radical (unpaired) electrons. The molecule has 24 heavy (non-hydrogen) atoms. The highest BCUT2D eigenvalue weighted by molar-refractivity contribution is 6.29. The van der Waals surface area contributed by atoms with E-state index in [0.717, 1.165) is 16.8 Å². The predicted octanol–water partition coefficient (Wildman–Crippen LogP) is 2.52. The zero-order chi connectivity index (χ0) is 16.5. The van der Waals surface area contributed by atoms with E-state index < -0.39 is 0 Å². The molecule has 0 saturated carbocycles. The van der Waals surface area contributed by atoms with Gasteiger partial charge in [-0.05, 0) is 24.3 Å². The third kappa shape index (κ3) is 2.64. The van der Waals surface area contributed by atoms with Gasteiger partial charge in [0.15, 0.2) is 0 Å². The summed E-state index contributed by atoms with van der Waals surface area (Å²) in [6.07, 6.45) is 3.52. The molecule has 4 rings (SSSR count). The van der Waals surface area contributed by atoms with E-state index in [1.165, 1.54) is 0 Å². The summed E-state index contributed by atoms with van der Waals surface area (Å²) in [7, 11) is 0. The van der Waals surface area contributed by atoms with Gasteiger partial charge in [-0.2, -0.15) is 0 Å². The summed E-state index contributed by atoms with van der Waals surface area (Å²) in [5.74, 6) is 0.310. The van der Waals surface area contributed by atoms with Gasteiger partial charge in [-0.15, -0.1) is 0 Å². The van der Waals surface area contributed by atoms with Crippen LogP contribution in [0.15, 0.2) is 42.7 Å². The van der Waals surface area contributed by atoms with Crippen LogP contribution >= 0.6 is 11.6 Å². The number of imidazole rings is 1. The Labute approximate surface area is 143 Å². The number of ether oxygens (including phenoxy) is 1. The fraction of sp³-hybridized carbons (Fsp3) is 0.235. The summed E-state index contributed by atoms with van der Waals surface area (Å²) in [5.41, 5.74) is 2.40. The van der Waals surface area contributed by atoms with Crippen molar-refractivity contribution >= 4 is 23.0 Å². The first-order valence-electron chi connectivity index (χ1n) is 7.70. The monoisotopic (exact) mass is 342 g/mol. The SMILES string of the molecule is O=C(c1nc(-c2ccc(Cl)nc2)c2ccccn12)N1CCOCC1. The first kappa shape index (κ1) is 15.1. The number of amides is 1. The average Bonchev–Trinajstić information content (AvgIpc) is 3.02. The molecule has 0 aliphatic carbocycles. The number of halogens is 1. The van der Waals surface area contributed by atoms with E-state index in [-0.39, 0.29) is 5.91 Å². The molecular weight excluding hydrogens is 328 g/mol. The number of fused-ring (bicyclic) bond motifs is 1. The van der Waals surface area contributed by atoms with Gasteiger partial charge in [-0.1, -0.05) is 17.7 Å². The van der Waals surface area contributed by atoms with Gasteiger partial charge in [0.25, 0.3) is 5.91 Å². The van der Waals surface area contributed by atoms with Crippen molar-refractivity contribution in [2.45, 2.75) is 0 Å². The fourth-order valence-corrected chi connectivity index (χ4v) is 2.94. The first-order valence-corrected chi connectivity index (χ1v) is 8.08. The Bertz CT molecular complexity index is 885. The van der Waals surface area contributed by atoms with E-state index in [4.69, 9.17) is 16.3 Å². The van der Waals surface area contributed by atoms with Crippen molar-refractivity contribution in [1.29, 1.82) is 0 Å². The highest BCUT2D eigenvalue weighted by Crippen LogP contribution is 2.25. The maximum atomic E-state index is 12.9. The van der Waals surface area contributed by atoms with Crippen LogP contribution in [-0.2, 0) is 4.74 Å². The predicted molar refractivity (Wildman–Crippen MR) is 90.2 cm³/mol. The summed E-state index contributed by atoms with van der Waals surface area (Å²) in [4.78, 5) is 23.4. The molecule has 0 aromatic carbocycles. The van der Waals surface area contributed by atoms with Gasteiger partial charge >= 0.3 is 0 Å². The number of morpholine rings is 1. The minimum absolute atomic E-state index is 0.0901. The van der Waals surface area contributed by atoms with Gasteiger partial charge in [0.1, 0.15) is 5.15 Å². The third-order valence-electron chi connectivity index (χ3n) is 4.04. The van der Waals surface area contributed by atoms with Crippen LogP contribution in [-0.4, -0.2) is 51.5 Å². The molecule has 122 valence electrons. The van der Waals surface area contributed by atoms with Crippen LogP contribution in [0, 0.1) is 0 Å². The van der Waals surface area contributed by atoms with E-state index in [9.17, 15) is 4.79 Å². The molecule has 3 aromatic rings. The van der Waals surface area contributed by atoms with Crippen LogP contribution in [0.25, 0.3) is 16.8 Å². The van der Waals surface area contributed by atoms with Crippen LogP contribution in [0.2, 0.25) is 5.15 Å². The number of aromatic nitrogens is 3. The van der Waals surface area contributed by atoms with Crippen molar-refractivity contribution in [2.75, 3.05) is 26.3 Å². The second-order valence-corrected chi connectivity index (χ2v) is 5.90. The van der Waals surface area contributed by atoms with Gasteiger partial charge in [0.2, 0.25) is 5.82 Å². The van der Waals surface area contributed by atoms with Crippen molar-refractivity contribution in [3.8, 4) is 11.3 Å². The lowest BCUT2D eigenvalue weighted by atomic mass is 10.2. The highest BCUT2D eigenvalue weighted by atomic mass is 35.5. The van der Waals surface area contributed by atoms with Gasteiger partial charge in [-0.3, -0.25) is 9.20 Å². The van der Waals surface area contributed by atoms with Crippen LogP contribution in [0.4, 0.5) is 0 Å². The van der Waals surface area contributed by atoms with Gasteiger partial charge in [0.05, 0.1) is 24.4 Å². The van der Waals surface area contributed by atoms with Gasteiger partial charge in [0, 0.05) is 31.0 Å². The Kier molecular flexibility index (Phi) is 3.92. The summed E-state index contributed by atoms with van der Waals surface area (Å²) in [5, 5.41) is 0.423. The number of rotatable bonds is 2. The Morgan fingerprint density at radius 1 is 1.17 bits per heavy atom. The third-order valence-corrected chi connectivity index (χ3v) is 4.26. The van der Waals surface area contributed by atoms with E-state index in [0.29, 0.717) is 37.3 Å². The van der Waals surface area contributed by atoms with Crippen molar-refractivity contribution in [2.24, 2.45) is 0 Å². The molecule has 6 nitrogen and oxygen atoms in total. The molecule has 0 unspecified atom stereocenters. The van der Waals surface area contributed by atoms with E-state index in [1.54, 1.807) is 17.2 Å². The lowest BCUT2D eigenvalue weighted by Gasteiger charge is -2.26. The number of hydrogen-bond acceptors (Lipinski definition) is 4. The second-order valence-electron chi connectivity index (χ2n) is 5.51. The quantitative estimate of drug-likeness (QED) is 0.671. The normalized spacial score (nSPS) is 15.0. The Morgan fingerprint density at radius 3 is 2.75 bits per heavy atom. The molecule has 0 atom stereocenters. The van der Waals surface area contributed by atoms with Gasteiger partial charge < -0.3 is 9.64 Å². The number of pyridine rings is 2. The Morgan fingerprint density at radius 2 is 2.00 bits per heavy atom. The van der Waals surface area contributed by atoms with Crippen LogP contribution < -0.4 is 0 Å². The fourth-order valence-electron chi connectivity index (χ4n) is 2.82. The molecular formula is C17H15ClN4O2. The molecule has 1 amide bonds. The largest absolute Gasteiger partial charge is 0.378 e. The summed E-state index contributed by atoms with van der Waals surface area (Å²) in [6.45, 7) is 2.28. The standard InChI is InChI=1S/C17H15ClN4O2/c18-14-5-4-12(11-19-14)15-13-3-1-2-6-22(13)16(20-15)17(23)21-7-9-24-10-8-21/h1-6,11H,7-10H2. The van der Waals surface area contributed by atoms with Crippen LogP contribution in [0.5, 0.6) is 0 Å². The van der Waals surface area contributed by atoms with Crippen molar-refractivity contribution < 1.29 is 9.53 Å². The van der Waals surface area contributed by atoms with Crippen LogP contribution in [0.1, 0.15) is 10.6 Å². The molecule has 1 fully saturated rings. The number of nitrogens with zero attached hydrogens (tertiary/aromatic N) is 4. The zero-order valence-corrected chi connectivity index (χ0v) is 13.6. The van der Waals surface area contributed by atoms with Crippen molar-refractivity contribution in [1.82, 2.24) is 19.3 Å². The first-order chi connectivity index (χ1) is 11.7. The molecule has 7 heteroatoms. The summed E-state index contributed by atoms with van der Waals surface area (Å²) in [6, 6.07) is 9.32. The second kappa shape index (κ2) is 6.22. The molecule has 0 bridgehead atoms. The number of carbonyl (C=O) groups is 1. The maximum Gasteiger partial charge on any atom is 0.290 e. The van der Waals surface area contributed by atoms with Gasteiger partial charge in [-0.25, -0.2) is 9.97 Å². The highest BCUT2D eigenvalue weighted by Gasteiger charge is 2.24. The summed E-state index contributed by atoms with van der Waals surface area (Å²) < 4.78 is 7.14. The van der Waals surface area contributed by atoms with Crippen molar-refractivity contribution in [3.63, 3.8) is 0 Å². The Hall–Kier alpha value is -2.44. The maximum absolute atomic E-state index is 12.9. The van der Waals surface area contributed by atoms with E-state index in [2.05, 4.69) is 9.97 Å². The number of carbonyl (C=O) groups excluding carboxylic acids is 1. The zero-order valence-electron chi connectivity index (χ0n) is 12.9. The molecule has 4 heterocycles. The lowest BCUT2D eigenvalue weighted by Crippen LogP contribution is -2.41. The average molecular weight is 343 g/mol. The van der Waals surface area contributed by atoms with Crippen LogP contribution in [0.3, 0.4) is 0 Å². The minimum Gasteiger partial charge on any atom is -0.378 e. The molecule has 3 aromatic heterocycles. The smallest absolute Gasteiger partial charge is 0.290 e. The molecule has 1 saturated heterocycles. The Balaban J connectivity index is 1.82. The lowest BCUT2D eigenvalue weighted by molar-refractivity contribution is 0.0294. The van der Waals surface area contributed by atoms with E-state index >= 15 is 0 Å². The van der Waals surface area contributed by atoms with Crippen molar-refractivity contribution in [3.05, 3.63) is 53.7 Å².